The number of aromatic nitrogens is 3. The molecule has 5 heteroatoms. The lowest BCUT2D eigenvalue weighted by molar-refractivity contribution is 0.298. The summed E-state index contributed by atoms with van der Waals surface area (Å²) in [4.78, 5) is 0. The Morgan fingerprint density at radius 3 is 2.80 bits per heavy atom. The highest BCUT2D eigenvalue weighted by molar-refractivity contribution is 5.27. The molecule has 0 aliphatic heterocycles. The standard InChI is InChI=1S/C15H22N4O/c1-12-6-4-7-13(10-12)20-9-5-8-19-11-14(17-18-19)15(2,3)16/h4,6-7,10-11H,5,8-9,16H2,1-3H3. The zero-order valence-electron chi connectivity index (χ0n) is 12.3. The van der Waals surface area contributed by atoms with E-state index in [0.29, 0.717) is 6.61 Å². The van der Waals surface area contributed by atoms with Gasteiger partial charge in [-0.15, -0.1) is 5.10 Å². The molecule has 0 radical (unpaired) electrons. The first kappa shape index (κ1) is 14.5. The van der Waals surface area contributed by atoms with Crippen LogP contribution in [0.3, 0.4) is 0 Å². The maximum absolute atomic E-state index is 5.97. The molecule has 0 amide bonds. The van der Waals surface area contributed by atoms with Crippen molar-refractivity contribution in [1.82, 2.24) is 15.0 Å². The van der Waals surface area contributed by atoms with Gasteiger partial charge in [0.1, 0.15) is 11.4 Å². The van der Waals surface area contributed by atoms with Crippen LogP contribution in [0.25, 0.3) is 0 Å². The predicted octanol–water partition coefficient (Wildman–Crippen LogP) is 2.25. The molecule has 0 unspecified atom stereocenters. The van der Waals surface area contributed by atoms with Gasteiger partial charge >= 0.3 is 0 Å². The van der Waals surface area contributed by atoms with E-state index in [1.54, 1.807) is 0 Å². The molecule has 1 aromatic carbocycles. The molecule has 0 fully saturated rings. The van der Waals surface area contributed by atoms with Gasteiger partial charge in [0.25, 0.3) is 0 Å². The minimum atomic E-state index is -0.448. The van der Waals surface area contributed by atoms with E-state index in [4.69, 9.17) is 10.5 Å². The van der Waals surface area contributed by atoms with Crippen molar-refractivity contribution in [2.45, 2.75) is 39.3 Å². The third-order valence-corrected chi connectivity index (χ3v) is 2.99. The van der Waals surface area contributed by atoms with E-state index < -0.39 is 5.54 Å². The van der Waals surface area contributed by atoms with Crippen LogP contribution in [0.15, 0.2) is 30.5 Å². The number of nitrogens with zero attached hydrogens (tertiary/aromatic N) is 3. The molecule has 0 aliphatic carbocycles. The number of aryl methyl sites for hydroxylation is 2. The Morgan fingerprint density at radius 2 is 2.15 bits per heavy atom. The third kappa shape index (κ3) is 4.06. The summed E-state index contributed by atoms with van der Waals surface area (Å²) in [5.74, 6) is 0.910. The molecule has 2 aromatic rings. The number of rotatable bonds is 6. The summed E-state index contributed by atoms with van der Waals surface area (Å²) in [6.45, 7) is 7.32. The Morgan fingerprint density at radius 1 is 1.35 bits per heavy atom. The topological polar surface area (TPSA) is 66.0 Å². The van der Waals surface area contributed by atoms with Crippen LogP contribution in [0.4, 0.5) is 0 Å². The summed E-state index contributed by atoms with van der Waals surface area (Å²) in [6.07, 6.45) is 2.77. The van der Waals surface area contributed by atoms with Gasteiger partial charge in [0, 0.05) is 13.0 Å². The predicted molar refractivity (Wildman–Crippen MR) is 78.5 cm³/mol. The van der Waals surface area contributed by atoms with E-state index in [9.17, 15) is 0 Å². The largest absolute Gasteiger partial charge is 0.494 e. The summed E-state index contributed by atoms with van der Waals surface area (Å²) < 4.78 is 7.51. The molecule has 2 rings (SSSR count). The second kappa shape index (κ2) is 6.05. The van der Waals surface area contributed by atoms with E-state index in [0.717, 1.165) is 24.4 Å². The monoisotopic (exact) mass is 274 g/mol. The first-order valence-electron chi connectivity index (χ1n) is 6.84. The van der Waals surface area contributed by atoms with Crippen LogP contribution in [-0.4, -0.2) is 21.6 Å². The zero-order valence-corrected chi connectivity index (χ0v) is 12.3. The van der Waals surface area contributed by atoms with E-state index in [-0.39, 0.29) is 0 Å². The van der Waals surface area contributed by atoms with Crippen molar-refractivity contribution in [1.29, 1.82) is 0 Å². The van der Waals surface area contributed by atoms with Gasteiger partial charge in [-0.2, -0.15) is 0 Å². The molecule has 0 saturated carbocycles. The summed E-state index contributed by atoms with van der Waals surface area (Å²) in [5, 5.41) is 8.16. The van der Waals surface area contributed by atoms with Crippen LogP contribution < -0.4 is 10.5 Å². The number of ether oxygens (including phenoxy) is 1. The van der Waals surface area contributed by atoms with E-state index >= 15 is 0 Å². The van der Waals surface area contributed by atoms with Gasteiger partial charge in [0.15, 0.2) is 0 Å². The van der Waals surface area contributed by atoms with Crippen molar-refractivity contribution in [3.63, 3.8) is 0 Å². The smallest absolute Gasteiger partial charge is 0.119 e. The fourth-order valence-corrected chi connectivity index (χ4v) is 1.82. The van der Waals surface area contributed by atoms with Crippen molar-refractivity contribution in [2.24, 2.45) is 5.73 Å². The Labute approximate surface area is 119 Å². The summed E-state index contributed by atoms with van der Waals surface area (Å²) >= 11 is 0. The Balaban J connectivity index is 1.77. The maximum Gasteiger partial charge on any atom is 0.119 e. The quantitative estimate of drug-likeness (QED) is 0.820. The number of nitrogens with two attached hydrogens (primary N) is 1. The molecule has 0 spiro atoms. The highest BCUT2D eigenvalue weighted by Crippen LogP contribution is 2.14. The van der Waals surface area contributed by atoms with Crippen molar-refractivity contribution in [2.75, 3.05) is 6.61 Å². The zero-order chi connectivity index (χ0) is 14.6. The SMILES string of the molecule is Cc1cccc(OCCCn2cc(C(C)(C)N)nn2)c1. The first-order chi connectivity index (χ1) is 9.45. The summed E-state index contributed by atoms with van der Waals surface area (Å²) in [5.41, 5.74) is 7.53. The highest BCUT2D eigenvalue weighted by Gasteiger charge is 2.17. The lowest BCUT2D eigenvalue weighted by Crippen LogP contribution is -2.29. The maximum atomic E-state index is 5.97. The molecule has 0 atom stereocenters. The van der Waals surface area contributed by atoms with Crippen LogP contribution in [-0.2, 0) is 12.1 Å². The molecule has 20 heavy (non-hydrogen) atoms. The van der Waals surface area contributed by atoms with Crippen molar-refractivity contribution in [3.05, 3.63) is 41.7 Å². The Hall–Kier alpha value is -1.88. The van der Waals surface area contributed by atoms with Gasteiger partial charge < -0.3 is 10.5 Å². The molecule has 1 heterocycles. The Bertz CT molecular complexity index is 557. The van der Waals surface area contributed by atoms with Crippen molar-refractivity contribution >= 4 is 0 Å². The lowest BCUT2D eigenvalue weighted by atomic mass is 10.0. The molecular weight excluding hydrogens is 252 g/mol. The minimum Gasteiger partial charge on any atom is -0.494 e. The van der Waals surface area contributed by atoms with Crippen LogP contribution in [0.1, 0.15) is 31.5 Å². The molecule has 108 valence electrons. The van der Waals surface area contributed by atoms with Gasteiger partial charge in [-0.25, -0.2) is 0 Å². The molecule has 0 bridgehead atoms. The Kier molecular flexibility index (Phi) is 4.39. The van der Waals surface area contributed by atoms with Crippen LogP contribution in [0.5, 0.6) is 5.75 Å². The van der Waals surface area contributed by atoms with Crippen LogP contribution in [0, 0.1) is 6.92 Å². The second-order valence-corrected chi connectivity index (χ2v) is 5.61. The fourth-order valence-electron chi connectivity index (χ4n) is 1.82. The molecule has 5 nitrogen and oxygen atoms in total. The van der Waals surface area contributed by atoms with Crippen molar-refractivity contribution < 1.29 is 4.74 Å². The average Bonchev–Trinajstić information content (AvgIpc) is 2.83. The van der Waals surface area contributed by atoms with Gasteiger partial charge in [-0.3, -0.25) is 4.68 Å². The molecule has 0 aliphatic rings. The summed E-state index contributed by atoms with van der Waals surface area (Å²) in [6, 6.07) is 8.05. The van der Waals surface area contributed by atoms with E-state index in [1.807, 2.05) is 42.9 Å². The molecular formula is C15H22N4O. The highest BCUT2D eigenvalue weighted by atomic mass is 16.5. The first-order valence-corrected chi connectivity index (χ1v) is 6.84. The van der Waals surface area contributed by atoms with Gasteiger partial charge in [-0.05, 0) is 38.5 Å². The normalized spacial score (nSPS) is 11.6. The van der Waals surface area contributed by atoms with Gasteiger partial charge in [0.2, 0.25) is 0 Å². The van der Waals surface area contributed by atoms with Crippen LogP contribution in [0.2, 0.25) is 0 Å². The number of hydrogen-bond donors (Lipinski definition) is 1. The van der Waals surface area contributed by atoms with Crippen LogP contribution >= 0.6 is 0 Å². The van der Waals surface area contributed by atoms with E-state index in [2.05, 4.69) is 23.3 Å². The van der Waals surface area contributed by atoms with Gasteiger partial charge in [0.05, 0.1) is 18.3 Å². The number of hydrogen-bond acceptors (Lipinski definition) is 4. The number of benzene rings is 1. The molecule has 2 N–H and O–H groups in total. The fraction of sp³-hybridized carbons (Fsp3) is 0.467. The van der Waals surface area contributed by atoms with E-state index in [1.165, 1.54) is 5.56 Å². The second-order valence-electron chi connectivity index (χ2n) is 5.61. The third-order valence-electron chi connectivity index (χ3n) is 2.99. The lowest BCUT2D eigenvalue weighted by Gasteiger charge is -2.13. The summed E-state index contributed by atoms with van der Waals surface area (Å²) in [7, 11) is 0. The van der Waals surface area contributed by atoms with Crippen molar-refractivity contribution in [3.8, 4) is 5.75 Å². The molecule has 0 saturated heterocycles. The van der Waals surface area contributed by atoms with Gasteiger partial charge in [-0.1, -0.05) is 17.3 Å². The average molecular weight is 274 g/mol. The molecule has 1 aromatic heterocycles. The minimum absolute atomic E-state index is 0.448.